The number of amides is 2. The predicted molar refractivity (Wildman–Crippen MR) is 118 cm³/mol. The van der Waals surface area contributed by atoms with Gasteiger partial charge in [0.15, 0.2) is 5.96 Å². The molecule has 1 aromatic rings. The number of rotatable bonds is 4. The first-order chi connectivity index (χ1) is 12.7. The van der Waals surface area contributed by atoms with E-state index in [0.29, 0.717) is 32.4 Å². The van der Waals surface area contributed by atoms with E-state index < -0.39 is 0 Å². The third kappa shape index (κ3) is 5.54. The van der Waals surface area contributed by atoms with Crippen LogP contribution in [0.2, 0.25) is 0 Å². The molecule has 0 aromatic heterocycles. The Kier molecular flexibility index (Phi) is 8.27. The molecule has 1 aromatic carbocycles. The molecule has 2 aliphatic rings. The van der Waals surface area contributed by atoms with E-state index in [-0.39, 0.29) is 35.8 Å². The minimum Gasteiger partial charge on any atom is -0.354 e. The van der Waals surface area contributed by atoms with Crippen molar-refractivity contribution < 1.29 is 9.59 Å². The van der Waals surface area contributed by atoms with Gasteiger partial charge in [0.05, 0.1) is 0 Å². The van der Waals surface area contributed by atoms with Crippen LogP contribution in [0.4, 0.5) is 0 Å². The van der Waals surface area contributed by atoms with Crippen LogP contribution in [0, 0.1) is 0 Å². The molecule has 0 aliphatic carbocycles. The molecule has 6 nitrogen and oxygen atoms in total. The molecular formula is C20H27IN4O2. The average molecular weight is 482 g/mol. The lowest BCUT2D eigenvalue weighted by Gasteiger charge is -2.31. The quantitative estimate of drug-likeness (QED) is 0.310. The van der Waals surface area contributed by atoms with Crippen molar-refractivity contribution in [2.45, 2.75) is 25.7 Å². The Bertz CT molecular complexity index is 702. The Hall–Kier alpha value is -1.90. The maximum atomic E-state index is 11.9. The van der Waals surface area contributed by atoms with Crippen LogP contribution in [0.1, 0.15) is 31.2 Å². The number of halogens is 1. The second-order valence-electron chi connectivity index (χ2n) is 6.56. The molecule has 0 spiro atoms. The lowest BCUT2D eigenvalue weighted by atomic mass is 10.00. The van der Waals surface area contributed by atoms with Crippen LogP contribution in [0.5, 0.6) is 0 Å². The summed E-state index contributed by atoms with van der Waals surface area (Å²) in [6.07, 6.45) is 4.82. The highest BCUT2D eigenvalue weighted by atomic mass is 127. The molecule has 0 radical (unpaired) electrons. The molecular weight excluding hydrogens is 455 g/mol. The summed E-state index contributed by atoms with van der Waals surface area (Å²) < 4.78 is 0. The van der Waals surface area contributed by atoms with Gasteiger partial charge in [-0.2, -0.15) is 0 Å². The number of carbonyl (C=O) groups excluding carboxylic acids is 2. The fraction of sp³-hybridized carbons (Fsp3) is 0.450. The Labute approximate surface area is 177 Å². The number of piperidine rings is 1. The first-order valence-electron chi connectivity index (χ1n) is 9.22. The number of imide groups is 1. The maximum Gasteiger partial charge on any atom is 0.229 e. The highest BCUT2D eigenvalue weighted by Gasteiger charge is 2.25. The van der Waals surface area contributed by atoms with Crippen LogP contribution in [0.3, 0.4) is 0 Å². The minimum atomic E-state index is -0.0635. The number of carbonyl (C=O) groups is 2. The Balaban J connectivity index is 0.00000261. The van der Waals surface area contributed by atoms with Crippen LogP contribution in [-0.4, -0.2) is 60.8 Å². The molecule has 0 saturated carbocycles. The summed E-state index contributed by atoms with van der Waals surface area (Å²) in [6, 6.07) is 10.4. The Morgan fingerprint density at radius 1 is 1.11 bits per heavy atom. The van der Waals surface area contributed by atoms with Crippen molar-refractivity contribution >= 4 is 47.3 Å². The highest BCUT2D eigenvalue weighted by molar-refractivity contribution is 14.0. The van der Waals surface area contributed by atoms with E-state index in [9.17, 15) is 9.59 Å². The van der Waals surface area contributed by atoms with Crippen molar-refractivity contribution in [3.63, 3.8) is 0 Å². The summed E-state index contributed by atoms with van der Waals surface area (Å²) in [5, 5.41) is 3.28. The highest BCUT2D eigenvalue weighted by Crippen LogP contribution is 2.21. The number of nitrogens with one attached hydrogen (secondary N) is 1. The lowest BCUT2D eigenvalue weighted by Crippen LogP contribution is -2.48. The van der Waals surface area contributed by atoms with Crippen molar-refractivity contribution in [3.8, 4) is 0 Å². The first kappa shape index (κ1) is 21.4. The van der Waals surface area contributed by atoms with Gasteiger partial charge in [-0.15, -0.1) is 24.0 Å². The van der Waals surface area contributed by atoms with Gasteiger partial charge in [0.2, 0.25) is 11.8 Å². The van der Waals surface area contributed by atoms with E-state index in [1.807, 2.05) is 6.07 Å². The molecule has 2 amide bonds. The van der Waals surface area contributed by atoms with Crippen molar-refractivity contribution in [1.82, 2.24) is 15.1 Å². The van der Waals surface area contributed by atoms with Crippen molar-refractivity contribution in [2.24, 2.45) is 4.99 Å². The molecule has 7 heteroatoms. The monoisotopic (exact) mass is 482 g/mol. The minimum absolute atomic E-state index is 0. The smallest absolute Gasteiger partial charge is 0.229 e. The number of aliphatic imine (C=N–C) groups is 1. The van der Waals surface area contributed by atoms with E-state index in [2.05, 4.69) is 45.6 Å². The van der Waals surface area contributed by atoms with E-state index >= 15 is 0 Å². The molecule has 1 fully saturated rings. The predicted octanol–water partition coefficient (Wildman–Crippen LogP) is 2.51. The van der Waals surface area contributed by atoms with Crippen molar-refractivity contribution in [3.05, 3.63) is 42.0 Å². The Morgan fingerprint density at radius 2 is 1.81 bits per heavy atom. The van der Waals surface area contributed by atoms with Gasteiger partial charge in [0.1, 0.15) is 0 Å². The SMILES string of the molecule is CN=C(NCCN1C(=O)CCCC1=O)N1CC=C(c2ccccc2)CC1.I. The molecule has 1 N–H and O–H groups in total. The molecule has 0 unspecified atom stereocenters. The summed E-state index contributed by atoms with van der Waals surface area (Å²) in [6.45, 7) is 2.61. The second-order valence-corrected chi connectivity index (χ2v) is 6.56. The van der Waals surface area contributed by atoms with Gasteiger partial charge in [-0.25, -0.2) is 0 Å². The van der Waals surface area contributed by atoms with Gasteiger partial charge in [-0.1, -0.05) is 36.4 Å². The zero-order valence-electron chi connectivity index (χ0n) is 15.7. The fourth-order valence-electron chi connectivity index (χ4n) is 3.44. The van der Waals surface area contributed by atoms with Gasteiger partial charge in [-0.05, 0) is 24.0 Å². The molecule has 3 rings (SSSR count). The molecule has 146 valence electrons. The molecule has 2 aliphatic heterocycles. The van der Waals surface area contributed by atoms with Crippen LogP contribution >= 0.6 is 24.0 Å². The zero-order valence-corrected chi connectivity index (χ0v) is 18.0. The molecule has 0 bridgehead atoms. The number of guanidine groups is 1. The average Bonchev–Trinajstić information content (AvgIpc) is 2.68. The van der Waals surface area contributed by atoms with Gasteiger partial charge in [0.25, 0.3) is 0 Å². The van der Waals surface area contributed by atoms with E-state index in [1.54, 1.807) is 7.05 Å². The summed E-state index contributed by atoms with van der Waals surface area (Å²) in [7, 11) is 1.76. The third-order valence-electron chi connectivity index (χ3n) is 4.87. The number of nitrogens with zero attached hydrogens (tertiary/aromatic N) is 3. The second kappa shape index (κ2) is 10.4. The normalized spacial score (nSPS) is 18.1. The molecule has 1 saturated heterocycles. The van der Waals surface area contributed by atoms with Crippen LogP contribution in [0.15, 0.2) is 41.4 Å². The van der Waals surface area contributed by atoms with Crippen LogP contribution in [0.25, 0.3) is 5.57 Å². The van der Waals surface area contributed by atoms with E-state index in [4.69, 9.17) is 0 Å². The van der Waals surface area contributed by atoms with Crippen LogP contribution < -0.4 is 5.32 Å². The number of hydrogen-bond acceptors (Lipinski definition) is 3. The molecule has 2 heterocycles. The maximum absolute atomic E-state index is 11.9. The topological polar surface area (TPSA) is 65.0 Å². The first-order valence-corrected chi connectivity index (χ1v) is 9.22. The Morgan fingerprint density at radius 3 is 2.41 bits per heavy atom. The fourth-order valence-corrected chi connectivity index (χ4v) is 3.44. The lowest BCUT2D eigenvalue weighted by molar-refractivity contribution is -0.147. The number of hydrogen-bond donors (Lipinski definition) is 1. The number of benzene rings is 1. The van der Waals surface area contributed by atoms with E-state index in [1.165, 1.54) is 16.0 Å². The summed E-state index contributed by atoms with van der Waals surface area (Å²) in [5.74, 6) is 0.683. The van der Waals surface area contributed by atoms with Crippen molar-refractivity contribution in [2.75, 3.05) is 33.2 Å². The van der Waals surface area contributed by atoms with Crippen molar-refractivity contribution in [1.29, 1.82) is 0 Å². The molecule has 0 atom stereocenters. The summed E-state index contributed by atoms with van der Waals surface area (Å²) >= 11 is 0. The van der Waals surface area contributed by atoms with Gasteiger partial charge in [-0.3, -0.25) is 19.5 Å². The van der Waals surface area contributed by atoms with Crippen LogP contribution in [-0.2, 0) is 9.59 Å². The standard InChI is InChI=1S/C20H26N4O2.HI/c1-21-20(22-12-15-24-18(25)8-5-9-19(24)26)23-13-10-17(11-14-23)16-6-3-2-4-7-16;/h2-4,6-7,10H,5,8-9,11-15H2,1H3,(H,21,22);1H. The van der Waals surface area contributed by atoms with E-state index in [0.717, 1.165) is 25.5 Å². The van der Waals surface area contributed by atoms with Gasteiger partial charge in [0, 0.05) is 46.1 Å². The zero-order chi connectivity index (χ0) is 18.4. The third-order valence-corrected chi connectivity index (χ3v) is 4.87. The summed E-state index contributed by atoms with van der Waals surface area (Å²) in [5.41, 5.74) is 2.64. The number of likely N-dealkylation sites (tertiary alicyclic amines) is 1. The summed E-state index contributed by atoms with van der Waals surface area (Å²) in [4.78, 5) is 31.6. The molecule has 27 heavy (non-hydrogen) atoms. The van der Waals surface area contributed by atoms with Gasteiger partial charge >= 0.3 is 0 Å². The van der Waals surface area contributed by atoms with Gasteiger partial charge < -0.3 is 10.2 Å². The largest absolute Gasteiger partial charge is 0.354 e.